The molecule has 0 spiro atoms. The maximum absolute atomic E-state index is 13.2. The van der Waals surface area contributed by atoms with Crippen molar-refractivity contribution < 1.29 is 57.8 Å². The topological polar surface area (TPSA) is 20.2 Å². The molecule has 0 radical (unpaired) electrons. The van der Waals surface area contributed by atoms with E-state index in [0.29, 0.717) is 0 Å². The Morgan fingerprint density at radius 2 is 1.00 bits per heavy atom. The van der Waals surface area contributed by atoms with E-state index in [4.69, 9.17) is 5.11 Å². The molecule has 13 heteroatoms. The molecule has 1 N–H and O–H groups in total. The molecule has 138 valence electrons. The van der Waals surface area contributed by atoms with Gasteiger partial charge in [-0.15, -0.1) is 0 Å². The first-order valence-corrected chi connectivity index (χ1v) is 5.58. The molecule has 1 atom stereocenters. The molecule has 1 aromatic rings. The average molecular weight is 380 g/mol. The van der Waals surface area contributed by atoms with Crippen LogP contribution in [0.1, 0.15) is 18.1 Å². The third-order valence-electron chi connectivity index (χ3n) is 2.84. The van der Waals surface area contributed by atoms with Crippen LogP contribution in [0.3, 0.4) is 0 Å². The van der Waals surface area contributed by atoms with Gasteiger partial charge >= 0.3 is 18.0 Å². The third kappa shape index (κ3) is 3.13. The van der Waals surface area contributed by atoms with E-state index in [0.717, 1.165) is 0 Å². The van der Waals surface area contributed by atoms with Gasteiger partial charge in [-0.25, -0.2) is 22.0 Å². The van der Waals surface area contributed by atoms with E-state index in [9.17, 15) is 52.7 Å². The molecule has 0 aromatic heterocycles. The van der Waals surface area contributed by atoms with Crippen molar-refractivity contribution in [3.8, 4) is 0 Å². The molecule has 0 aliphatic carbocycles. The summed E-state index contributed by atoms with van der Waals surface area (Å²) in [4.78, 5) is 0. The third-order valence-corrected chi connectivity index (χ3v) is 2.84. The summed E-state index contributed by atoms with van der Waals surface area (Å²) in [5.41, 5.74) is -2.36. The molecule has 1 aromatic carbocycles. The summed E-state index contributed by atoms with van der Waals surface area (Å²) in [6.45, 7) is 0. The molecule has 0 aliphatic heterocycles. The number of aliphatic hydroxyl groups is 1. The molecule has 1 rings (SSSR count). The Balaban J connectivity index is 3.34. The highest BCUT2D eigenvalue weighted by molar-refractivity contribution is 5.26. The number of halogens is 12. The number of hydrogen-bond acceptors (Lipinski definition) is 1. The summed E-state index contributed by atoms with van der Waals surface area (Å²) in [6, 6.07) is 0. The van der Waals surface area contributed by atoms with Gasteiger partial charge in [0.05, 0.1) is 11.7 Å². The van der Waals surface area contributed by atoms with E-state index in [-0.39, 0.29) is 0 Å². The summed E-state index contributed by atoms with van der Waals surface area (Å²) in [7, 11) is 0. The molecular formula is C11H4F12O. The van der Waals surface area contributed by atoms with E-state index in [1.165, 1.54) is 0 Å². The molecule has 0 heterocycles. The maximum atomic E-state index is 13.2. The smallest absolute Gasteiger partial charge is 0.388 e. The summed E-state index contributed by atoms with van der Waals surface area (Å²) in [6.07, 6.45) is -13.3. The Hall–Kier alpha value is -1.66. The SMILES string of the molecule is OC(CC(F)(F)C(F)(F)C(F)(F)F)c1c(F)c(F)c(F)c(F)c1F. The van der Waals surface area contributed by atoms with Crippen molar-refractivity contribution in [2.45, 2.75) is 30.5 Å². The Kier molecular flexibility index (Phi) is 5.10. The second-order valence-corrected chi connectivity index (χ2v) is 4.48. The van der Waals surface area contributed by atoms with Gasteiger partial charge in [0.1, 0.15) is 0 Å². The van der Waals surface area contributed by atoms with E-state index in [1.807, 2.05) is 0 Å². The lowest BCUT2D eigenvalue weighted by Gasteiger charge is -2.29. The minimum absolute atomic E-state index is 2.36. The van der Waals surface area contributed by atoms with Gasteiger partial charge < -0.3 is 5.11 Å². The highest BCUT2D eigenvalue weighted by Crippen LogP contribution is 2.50. The summed E-state index contributed by atoms with van der Waals surface area (Å²) >= 11 is 0. The molecule has 0 aliphatic rings. The first kappa shape index (κ1) is 20.4. The van der Waals surface area contributed by atoms with Crippen molar-refractivity contribution in [3.63, 3.8) is 0 Å². The van der Waals surface area contributed by atoms with Crippen molar-refractivity contribution in [3.05, 3.63) is 34.6 Å². The van der Waals surface area contributed by atoms with Crippen LogP contribution in [-0.2, 0) is 0 Å². The number of rotatable bonds is 4. The second-order valence-electron chi connectivity index (χ2n) is 4.48. The van der Waals surface area contributed by atoms with E-state index in [1.54, 1.807) is 0 Å². The van der Waals surface area contributed by atoms with Crippen molar-refractivity contribution in [1.82, 2.24) is 0 Å². The molecule has 1 unspecified atom stereocenters. The van der Waals surface area contributed by atoms with Gasteiger partial charge in [0.15, 0.2) is 23.3 Å². The number of aliphatic hydroxyl groups excluding tert-OH is 1. The first-order valence-electron chi connectivity index (χ1n) is 5.58. The molecule has 1 nitrogen and oxygen atoms in total. The van der Waals surface area contributed by atoms with Crippen LogP contribution in [0.15, 0.2) is 0 Å². The van der Waals surface area contributed by atoms with Crippen LogP contribution in [0.25, 0.3) is 0 Å². The van der Waals surface area contributed by atoms with Gasteiger partial charge in [-0.3, -0.25) is 0 Å². The monoisotopic (exact) mass is 380 g/mol. The maximum Gasteiger partial charge on any atom is 0.459 e. The standard InChI is InChI=1S/C11H4F12O/c12-4-3(5(13)7(15)8(16)6(4)14)2(24)1-9(17,18)10(19,20)11(21,22)23/h2,24H,1H2. The van der Waals surface area contributed by atoms with Crippen LogP contribution < -0.4 is 0 Å². The predicted molar refractivity (Wildman–Crippen MR) is 51.8 cm³/mol. The Labute approximate surface area is 124 Å². The lowest BCUT2D eigenvalue weighted by molar-refractivity contribution is -0.358. The predicted octanol–water partition coefficient (Wildman–Crippen LogP) is 4.64. The van der Waals surface area contributed by atoms with Crippen molar-refractivity contribution in [2.75, 3.05) is 0 Å². The quantitative estimate of drug-likeness (QED) is 0.459. The minimum Gasteiger partial charge on any atom is -0.388 e. The summed E-state index contributed by atoms with van der Waals surface area (Å²) in [5.74, 6) is -26.7. The molecule has 0 saturated carbocycles. The van der Waals surface area contributed by atoms with Gasteiger partial charge in [-0.1, -0.05) is 0 Å². The molecule has 24 heavy (non-hydrogen) atoms. The second kappa shape index (κ2) is 6.01. The van der Waals surface area contributed by atoms with Gasteiger partial charge in [0.2, 0.25) is 5.82 Å². The van der Waals surface area contributed by atoms with Crippen LogP contribution in [-0.4, -0.2) is 23.1 Å². The van der Waals surface area contributed by atoms with E-state index in [2.05, 4.69) is 0 Å². The van der Waals surface area contributed by atoms with Gasteiger partial charge in [-0.2, -0.15) is 30.7 Å². The van der Waals surface area contributed by atoms with Crippen molar-refractivity contribution >= 4 is 0 Å². The van der Waals surface area contributed by atoms with E-state index >= 15 is 0 Å². The van der Waals surface area contributed by atoms with Crippen LogP contribution in [0.4, 0.5) is 52.7 Å². The first-order chi connectivity index (χ1) is 10.6. The average Bonchev–Trinajstić information content (AvgIpc) is 2.41. The zero-order chi connectivity index (χ0) is 19.2. The normalized spacial score (nSPS) is 14.9. The van der Waals surface area contributed by atoms with Crippen LogP contribution in [0.2, 0.25) is 0 Å². The number of benzene rings is 1. The fourth-order valence-corrected chi connectivity index (χ4v) is 1.59. The molecule has 0 amide bonds. The van der Waals surface area contributed by atoms with Crippen LogP contribution in [0, 0.1) is 29.1 Å². The largest absolute Gasteiger partial charge is 0.459 e. The summed E-state index contributed by atoms with van der Waals surface area (Å²) in [5, 5.41) is 9.07. The molecule has 0 fully saturated rings. The fraction of sp³-hybridized carbons (Fsp3) is 0.455. The zero-order valence-corrected chi connectivity index (χ0v) is 10.8. The highest BCUT2D eigenvalue weighted by atomic mass is 19.4. The Morgan fingerprint density at radius 1 is 0.667 bits per heavy atom. The molecular weight excluding hydrogens is 376 g/mol. The fourth-order valence-electron chi connectivity index (χ4n) is 1.59. The summed E-state index contributed by atoms with van der Waals surface area (Å²) < 4.78 is 152. The minimum atomic E-state index is -6.80. The molecule has 0 bridgehead atoms. The lowest BCUT2D eigenvalue weighted by atomic mass is 9.97. The van der Waals surface area contributed by atoms with Crippen molar-refractivity contribution in [2.24, 2.45) is 0 Å². The van der Waals surface area contributed by atoms with Crippen LogP contribution in [0.5, 0.6) is 0 Å². The van der Waals surface area contributed by atoms with E-state index < -0.39 is 65.2 Å². The number of hydrogen-bond donors (Lipinski definition) is 1. The lowest BCUT2D eigenvalue weighted by Crippen LogP contribution is -2.52. The van der Waals surface area contributed by atoms with Gasteiger partial charge in [-0.05, 0) is 0 Å². The molecule has 0 saturated heterocycles. The Morgan fingerprint density at radius 3 is 1.33 bits per heavy atom. The Bertz CT molecular complexity index is 606. The van der Waals surface area contributed by atoms with Crippen LogP contribution >= 0.6 is 0 Å². The number of alkyl halides is 7. The van der Waals surface area contributed by atoms with Gasteiger partial charge in [0, 0.05) is 6.42 Å². The van der Waals surface area contributed by atoms with Gasteiger partial charge in [0.25, 0.3) is 0 Å². The zero-order valence-electron chi connectivity index (χ0n) is 10.8. The van der Waals surface area contributed by atoms with Crippen molar-refractivity contribution in [1.29, 1.82) is 0 Å². The highest BCUT2D eigenvalue weighted by Gasteiger charge is 2.73.